The van der Waals surface area contributed by atoms with Gasteiger partial charge in [-0.15, -0.1) is 0 Å². The van der Waals surface area contributed by atoms with Crippen molar-refractivity contribution in [1.29, 1.82) is 0 Å². The van der Waals surface area contributed by atoms with Crippen molar-refractivity contribution in [2.75, 3.05) is 0 Å². The van der Waals surface area contributed by atoms with E-state index < -0.39 is 12.7 Å². The molecule has 0 aromatic heterocycles. The molecule has 2 aliphatic rings. The molecule has 6 heteroatoms. The van der Waals surface area contributed by atoms with E-state index in [0.29, 0.717) is 0 Å². The van der Waals surface area contributed by atoms with Crippen LogP contribution in [0.4, 0.5) is 0 Å². The Balaban J connectivity index is 2.20. The van der Waals surface area contributed by atoms with Crippen molar-refractivity contribution in [3.05, 3.63) is 29.3 Å². The van der Waals surface area contributed by atoms with Gasteiger partial charge in [-0.05, 0) is 29.9 Å². The van der Waals surface area contributed by atoms with Crippen molar-refractivity contribution in [2.24, 2.45) is 0 Å². The molecule has 0 radical (unpaired) electrons. The molecule has 0 saturated heterocycles. The third-order valence-corrected chi connectivity index (χ3v) is 3.63. The van der Waals surface area contributed by atoms with E-state index in [1.165, 1.54) is 6.07 Å². The fourth-order valence-corrected chi connectivity index (χ4v) is 2.72. The van der Waals surface area contributed by atoms with E-state index in [2.05, 4.69) is 0 Å². The zero-order valence-electron chi connectivity index (χ0n) is 9.09. The molecule has 0 amide bonds. The van der Waals surface area contributed by atoms with Gasteiger partial charge < -0.3 is 19.8 Å². The minimum atomic E-state index is -2.94. The number of carboxylic acids is 1. The van der Waals surface area contributed by atoms with Crippen molar-refractivity contribution in [2.45, 2.75) is 24.6 Å². The van der Waals surface area contributed by atoms with Crippen LogP contribution in [0, 0.1) is 0 Å². The molecule has 1 aromatic rings. The molecule has 17 heavy (non-hydrogen) atoms. The van der Waals surface area contributed by atoms with E-state index in [0.717, 1.165) is 18.4 Å². The van der Waals surface area contributed by atoms with Crippen molar-refractivity contribution in [1.82, 2.24) is 0 Å². The van der Waals surface area contributed by atoms with Gasteiger partial charge in [0.15, 0.2) is 0 Å². The van der Waals surface area contributed by atoms with Gasteiger partial charge in [0.05, 0.1) is 11.3 Å². The Morgan fingerprint density at radius 1 is 1.35 bits per heavy atom. The maximum absolute atomic E-state index is 11.1. The van der Waals surface area contributed by atoms with Gasteiger partial charge in [0, 0.05) is 0 Å². The molecule has 0 atom stereocenters. The Kier molecular flexibility index (Phi) is 1.89. The summed E-state index contributed by atoms with van der Waals surface area (Å²) in [4.78, 5) is 11.1. The largest absolute Gasteiger partial charge is 0.669 e. The van der Waals surface area contributed by atoms with E-state index in [9.17, 15) is 14.8 Å². The van der Waals surface area contributed by atoms with Crippen LogP contribution in [0.5, 0.6) is 5.75 Å². The predicted molar refractivity (Wildman–Crippen MR) is 59.9 cm³/mol. The molecule has 0 bridgehead atoms. The lowest BCUT2D eigenvalue weighted by atomic mass is 9.63. The first-order chi connectivity index (χ1) is 7.94. The highest BCUT2D eigenvalue weighted by atomic mass is 16.6. The van der Waals surface area contributed by atoms with Crippen LogP contribution in [0.15, 0.2) is 18.2 Å². The Morgan fingerprint density at radius 2 is 2.06 bits per heavy atom. The normalized spacial score (nSPS) is 22.7. The number of hydrogen-bond donors (Lipinski definition) is 3. The summed E-state index contributed by atoms with van der Waals surface area (Å²) in [7, 11) is 0. The van der Waals surface area contributed by atoms with Crippen molar-refractivity contribution < 1.29 is 24.6 Å². The minimum Gasteiger partial charge on any atom is -0.669 e. The van der Waals surface area contributed by atoms with Gasteiger partial charge in [-0.3, -0.25) is 0 Å². The molecule has 1 spiro atoms. The summed E-state index contributed by atoms with van der Waals surface area (Å²) >= 11 is 0. The fourth-order valence-electron chi connectivity index (χ4n) is 2.72. The number of benzene rings is 1. The first kappa shape index (κ1) is 10.6. The lowest BCUT2D eigenvalue weighted by molar-refractivity contribution is 0.0693. The quantitative estimate of drug-likeness (QED) is 0.624. The zero-order chi connectivity index (χ0) is 12.3. The Morgan fingerprint density at radius 3 is 2.65 bits per heavy atom. The highest BCUT2D eigenvalue weighted by molar-refractivity contribution is 6.59. The number of carboxylic acid groups (broad SMARTS) is 1. The van der Waals surface area contributed by atoms with E-state index in [-0.39, 0.29) is 23.0 Å². The van der Waals surface area contributed by atoms with Crippen LogP contribution in [0.1, 0.15) is 28.8 Å². The number of aromatic carboxylic acids is 1. The maximum atomic E-state index is 11.1. The third kappa shape index (κ3) is 1.52. The van der Waals surface area contributed by atoms with Gasteiger partial charge >= 0.3 is 12.7 Å². The minimum absolute atomic E-state index is 0.0113. The van der Waals surface area contributed by atoms with Gasteiger partial charge in [-0.1, -0.05) is 18.5 Å². The summed E-state index contributed by atoms with van der Waals surface area (Å²) in [6, 6.07) is 4.88. The van der Waals surface area contributed by atoms with Gasteiger partial charge in [0.2, 0.25) is 0 Å². The summed E-state index contributed by atoms with van der Waals surface area (Å²) in [5.74, 6) is -1.00. The molecule has 3 rings (SSSR count). The Bertz CT molecular complexity index is 507. The van der Waals surface area contributed by atoms with E-state index in [1.807, 2.05) is 0 Å². The lowest BCUT2D eigenvalue weighted by Crippen LogP contribution is -2.49. The second kappa shape index (κ2) is 3.03. The van der Waals surface area contributed by atoms with Crippen LogP contribution < -0.4 is 4.65 Å². The van der Waals surface area contributed by atoms with Crippen molar-refractivity contribution in [3.63, 3.8) is 0 Å². The smallest absolute Gasteiger partial charge is 0.431 e. The maximum Gasteiger partial charge on any atom is 0.431 e. The third-order valence-electron chi connectivity index (χ3n) is 3.63. The number of carbonyl (C=O) groups is 1. The van der Waals surface area contributed by atoms with E-state index in [4.69, 9.17) is 9.76 Å². The van der Waals surface area contributed by atoms with Crippen LogP contribution in [0.3, 0.4) is 0 Å². The number of hydrogen-bond acceptors (Lipinski definition) is 4. The molecule has 1 saturated carbocycles. The SMILES string of the molecule is O=C(O)c1cccc2c1O[B-](O)(O)CC21CC1. The number of para-hydroxylation sites is 1. The summed E-state index contributed by atoms with van der Waals surface area (Å²) in [5, 5.41) is 28.5. The molecular formula is C11H12BO5-. The van der Waals surface area contributed by atoms with Crippen LogP contribution in [-0.2, 0) is 5.41 Å². The molecule has 0 unspecified atom stereocenters. The Hall–Kier alpha value is -1.53. The average Bonchev–Trinajstić information content (AvgIpc) is 2.95. The molecule has 1 aliphatic carbocycles. The lowest BCUT2D eigenvalue weighted by Gasteiger charge is -2.41. The summed E-state index contributed by atoms with van der Waals surface area (Å²) in [5.41, 5.74) is 0.489. The van der Waals surface area contributed by atoms with E-state index >= 15 is 0 Å². The second-order valence-electron chi connectivity index (χ2n) is 4.95. The topological polar surface area (TPSA) is 87.0 Å². The highest BCUT2D eigenvalue weighted by Crippen LogP contribution is 2.58. The van der Waals surface area contributed by atoms with Crippen molar-refractivity contribution >= 4 is 12.7 Å². The standard InChI is InChI=1S/C11H12BO5/c13-10(14)7-2-1-3-8-9(7)17-12(15,16)6-11(8)4-5-11/h1-3,15-16H,4-6H2,(H,13,14)/q-1. The summed E-state index contributed by atoms with van der Waals surface area (Å²) < 4.78 is 5.08. The van der Waals surface area contributed by atoms with Crippen molar-refractivity contribution in [3.8, 4) is 5.75 Å². The van der Waals surface area contributed by atoms with Gasteiger partial charge in [-0.25, -0.2) is 4.79 Å². The monoisotopic (exact) mass is 235 g/mol. The second-order valence-corrected chi connectivity index (χ2v) is 4.95. The Labute approximate surface area is 97.7 Å². The molecule has 90 valence electrons. The summed E-state index contributed by atoms with van der Waals surface area (Å²) in [6.45, 7) is -2.94. The van der Waals surface area contributed by atoms with E-state index in [1.54, 1.807) is 12.1 Å². The van der Waals surface area contributed by atoms with Crippen LogP contribution >= 0.6 is 0 Å². The molecule has 1 fully saturated rings. The summed E-state index contributed by atoms with van der Waals surface area (Å²) in [6.07, 6.45) is 1.84. The first-order valence-electron chi connectivity index (χ1n) is 5.60. The molecule has 5 nitrogen and oxygen atoms in total. The molecular weight excluding hydrogens is 223 g/mol. The van der Waals surface area contributed by atoms with Crippen LogP contribution in [0.2, 0.25) is 6.32 Å². The fraction of sp³-hybridized carbons (Fsp3) is 0.364. The molecule has 1 aromatic carbocycles. The number of rotatable bonds is 1. The molecule has 3 N–H and O–H groups in total. The first-order valence-corrected chi connectivity index (χ1v) is 5.60. The highest BCUT2D eigenvalue weighted by Gasteiger charge is 2.53. The van der Waals surface area contributed by atoms with Gasteiger partial charge in [0.25, 0.3) is 0 Å². The number of fused-ring (bicyclic) bond motifs is 2. The van der Waals surface area contributed by atoms with Crippen LogP contribution in [-0.4, -0.2) is 27.9 Å². The van der Waals surface area contributed by atoms with Gasteiger partial charge in [0.1, 0.15) is 0 Å². The molecule has 1 aliphatic heterocycles. The van der Waals surface area contributed by atoms with Crippen LogP contribution in [0.25, 0.3) is 0 Å². The zero-order valence-corrected chi connectivity index (χ0v) is 9.09. The van der Waals surface area contributed by atoms with Gasteiger partial charge in [-0.2, -0.15) is 0 Å². The average molecular weight is 235 g/mol. The molecule has 1 heterocycles. The predicted octanol–water partition coefficient (Wildman–Crippen LogP) is 0.732.